The summed E-state index contributed by atoms with van der Waals surface area (Å²) in [5, 5.41) is 12.3. The van der Waals surface area contributed by atoms with Gasteiger partial charge in [0.15, 0.2) is 5.41 Å². The Morgan fingerprint density at radius 3 is 2.57 bits per heavy atom. The average molecular weight is 484 g/mol. The van der Waals surface area contributed by atoms with Crippen LogP contribution >= 0.6 is 0 Å². The lowest BCUT2D eigenvalue weighted by molar-refractivity contribution is -0.144. The summed E-state index contributed by atoms with van der Waals surface area (Å²) in [6, 6.07) is 7.97. The molecule has 3 aromatic rings. The van der Waals surface area contributed by atoms with Crippen molar-refractivity contribution in [3.63, 3.8) is 0 Å². The summed E-state index contributed by atoms with van der Waals surface area (Å²) in [5.41, 5.74) is -0.00801. The molecule has 182 valence electrons. The van der Waals surface area contributed by atoms with Crippen molar-refractivity contribution < 1.29 is 32.6 Å². The Labute approximate surface area is 199 Å². The molecule has 2 heterocycles. The molecule has 0 radical (unpaired) electrons. The van der Waals surface area contributed by atoms with E-state index in [1.165, 1.54) is 39.5 Å². The molecule has 4 rings (SSSR count). The number of carbonyl (C=O) groups excluding carboxylic acids is 2. The van der Waals surface area contributed by atoms with E-state index >= 15 is 0 Å². The second-order valence-electron chi connectivity index (χ2n) is 8.19. The maximum Gasteiger partial charge on any atom is 0.387 e. The lowest BCUT2D eigenvalue weighted by atomic mass is 9.84. The summed E-state index contributed by atoms with van der Waals surface area (Å²) >= 11 is 0. The molecule has 2 aromatic heterocycles. The Hall–Kier alpha value is -4.20. The number of fused-ring (bicyclic) bond motifs is 1. The number of nitriles is 1. The van der Waals surface area contributed by atoms with E-state index in [0.717, 1.165) is 12.8 Å². The number of carbonyl (C=O) groups is 2. The van der Waals surface area contributed by atoms with Gasteiger partial charge in [-0.05, 0) is 49.6 Å². The van der Waals surface area contributed by atoms with Crippen LogP contribution in [0.2, 0.25) is 0 Å². The molecule has 0 saturated heterocycles. The van der Waals surface area contributed by atoms with Gasteiger partial charge in [-0.1, -0.05) is 0 Å². The number of aromatic nitrogens is 2. The number of hydrogen-bond donors (Lipinski definition) is 1. The lowest BCUT2D eigenvalue weighted by Crippen LogP contribution is -2.32. The molecular weight excluding hydrogens is 462 g/mol. The van der Waals surface area contributed by atoms with Gasteiger partial charge in [-0.15, -0.1) is 0 Å². The van der Waals surface area contributed by atoms with E-state index in [-0.39, 0.29) is 23.1 Å². The number of imidazole rings is 1. The fraction of sp³-hybridized carbons (Fsp3) is 0.333. The van der Waals surface area contributed by atoms with E-state index in [2.05, 4.69) is 15.0 Å². The second-order valence-corrected chi connectivity index (χ2v) is 8.19. The maximum absolute atomic E-state index is 13.2. The minimum absolute atomic E-state index is 0.00309. The molecule has 1 fully saturated rings. The lowest BCUT2D eigenvalue weighted by Gasteiger charge is -2.19. The third-order valence-corrected chi connectivity index (χ3v) is 5.85. The van der Waals surface area contributed by atoms with Crippen LogP contribution < -0.4 is 14.8 Å². The van der Waals surface area contributed by atoms with Gasteiger partial charge in [-0.3, -0.25) is 9.20 Å². The van der Waals surface area contributed by atoms with Gasteiger partial charge < -0.3 is 19.5 Å². The fourth-order valence-corrected chi connectivity index (χ4v) is 3.73. The highest BCUT2D eigenvalue weighted by atomic mass is 19.3. The third kappa shape index (κ3) is 4.47. The molecular formula is C24H22F2N4O5. The normalized spacial score (nSPS) is 14.8. The van der Waals surface area contributed by atoms with Crippen LogP contribution in [0.5, 0.6) is 11.5 Å². The molecule has 1 aliphatic carbocycles. The molecule has 1 atom stereocenters. The number of rotatable bonds is 8. The van der Waals surface area contributed by atoms with Crippen molar-refractivity contribution >= 4 is 17.5 Å². The first-order valence-corrected chi connectivity index (χ1v) is 10.7. The summed E-state index contributed by atoms with van der Waals surface area (Å²) in [4.78, 5) is 29.2. The second kappa shape index (κ2) is 9.21. The Balaban J connectivity index is 1.81. The SMILES string of the molecule is COC(=O)C(C)(C#N)c1ccn2c(-c3cc(OC)c(C(=O)NC4CC4)c(OC(F)F)c3)cnc2c1. The van der Waals surface area contributed by atoms with Crippen LogP contribution in [-0.4, -0.2) is 48.1 Å². The number of amides is 1. The average Bonchev–Trinajstić information content (AvgIpc) is 3.56. The number of alkyl halides is 2. The zero-order valence-corrected chi connectivity index (χ0v) is 19.2. The smallest absolute Gasteiger partial charge is 0.387 e. The fourth-order valence-electron chi connectivity index (χ4n) is 3.73. The van der Waals surface area contributed by atoms with Crippen LogP contribution in [0.15, 0.2) is 36.7 Å². The van der Waals surface area contributed by atoms with Gasteiger partial charge in [-0.2, -0.15) is 14.0 Å². The van der Waals surface area contributed by atoms with Crippen LogP contribution in [0.4, 0.5) is 8.78 Å². The highest BCUT2D eigenvalue weighted by Gasteiger charge is 2.37. The van der Waals surface area contributed by atoms with Gasteiger partial charge >= 0.3 is 12.6 Å². The predicted molar refractivity (Wildman–Crippen MR) is 119 cm³/mol. The van der Waals surface area contributed by atoms with E-state index < -0.39 is 23.9 Å². The number of esters is 1. The van der Waals surface area contributed by atoms with Gasteiger partial charge in [0, 0.05) is 17.8 Å². The quantitative estimate of drug-likeness (QED) is 0.487. The predicted octanol–water partition coefficient (Wildman–Crippen LogP) is 3.46. The van der Waals surface area contributed by atoms with E-state index in [9.17, 15) is 23.6 Å². The minimum Gasteiger partial charge on any atom is -0.496 e. The van der Waals surface area contributed by atoms with Crippen LogP contribution in [0.3, 0.4) is 0 Å². The van der Waals surface area contributed by atoms with E-state index in [1.54, 1.807) is 22.7 Å². The molecule has 1 aromatic carbocycles. The van der Waals surface area contributed by atoms with Crippen LogP contribution in [0.25, 0.3) is 16.9 Å². The Bertz CT molecular complexity index is 1350. The van der Waals surface area contributed by atoms with Gasteiger partial charge in [0.25, 0.3) is 5.91 Å². The molecule has 0 bridgehead atoms. The largest absolute Gasteiger partial charge is 0.496 e. The standard InChI is InChI=1S/C24H22F2N4O5/c1-24(12-27,22(32)34-3)14-6-7-30-16(11-28-19(30)10-14)13-8-17(33-2)20(18(9-13)35-23(25)26)21(31)29-15-4-5-15/h6-11,15,23H,4-5H2,1-3H3,(H,29,31). The summed E-state index contributed by atoms with van der Waals surface area (Å²) in [5.74, 6) is -1.55. The number of hydrogen-bond acceptors (Lipinski definition) is 7. The van der Waals surface area contributed by atoms with E-state index in [1.807, 2.05) is 6.07 Å². The molecule has 0 spiro atoms. The number of nitrogens with zero attached hydrogens (tertiary/aromatic N) is 3. The van der Waals surface area contributed by atoms with E-state index in [4.69, 9.17) is 9.47 Å². The molecule has 35 heavy (non-hydrogen) atoms. The summed E-state index contributed by atoms with van der Waals surface area (Å²) in [7, 11) is 2.53. The van der Waals surface area contributed by atoms with Crippen molar-refractivity contribution in [2.45, 2.75) is 37.8 Å². The van der Waals surface area contributed by atoms with Gasteiger partial charge in [0.05, 0.1) is 32.2 Å². The first kappa shape index (κ1) is 23.9. The molecule has 0 aliphatic heterocycles. The number of methoxy groups -OCH3 is 2. The summed E-state index contributed by atoms with van der Waals surface area (Å²) < 4.78 is 42.9. The van der Waals surface area contributed by atoms with Crippen molar-refractivity contribution in [2.75, 3.05) is 14.2 Å². The summed E-state index contributed by atoms with van der Waals surface area (Å²) in [6.07, 6.45) is 4.73. The molecule has 1 amide bonds. The zero-order valence-electron chi connectivity index (χ0n) is 19.2. The van der Waals surface area contributed by atoms with Crippen molar-refractivity contribution in [3.8, 4) is 28.8 Å². The van der Waals surface area contributed by atoms with E-state index in [0.29, 0.717) is 22.5 Å². The van der Waals surface area contributed by atoms with Gasteiger partial charge in [-0.25, -0.2) is 9.78 Å². The number of benzene rings is 1. The third-order valence-electron chi connectivity index (χ3n) is 5.85. The van der Waals surface area contributed by atoms with Crippen LogP contribution in [0.1, 0.15) is 35.7 Å². The van der Waals surface area contributed by atoms with Crippen LogP contribution in [-0.2, 0) is 14.9 Å². The molecule has 1 unspecified atom stereocenters. The van der Waals surface area contributed by atoms with Gasteiger partial charge in [0.1, 0.15) is 22.7 Å². The van der Waals surface area contributed by atoms with Crippen molar-refractivity contribution in [1.82, 2.24) is 14.7 Å². The van der Waals surface area contributed by atoms with Crippen LogP contribution in [0, 0.1) is 11.3 Å². The topological polar surface area (TPSA) is 115 Å². The Kier molecular flexibility index (Phi) is 6.30. The van der Waals surface area contributed by atoms with Gasteiger partial charge in [0.2, 0.25) is 0 Å². The zero-order chi connectivity index (χ0) is 25.3. The minimum atomic E-state index is -3.16. The first-order chi connectivity index (χ1) is 16.7. The Morgan fingerprint density at radius 1 is 1.26 bits per heavy atom. The first-order valence-electron chi connectivity index (χ1n) is 10.7. The maximum atomic E-state index is 13.2. The van der Waals surface area contributed by atoms with Crippen molar-refractivity contribution in [3.05, 3.63) is 47.8 Å². The monoisotopic (exact) mass is 484 g/mol. The molecule has 9 nitrogen and oxygen atoms in total. The highest BCUT2D eigenvalue weighted by Crippen LogP contribution is 2.37. The molecule has 1 saturated carbocycles. The number of halogens is 2. The highest BCUT2D eigenvalue weighted by molar-refractivity contribution is 6.01. The summed E-state index contributed by atoms with van der Waals surface area (Å²) in [6.45, 7) is -1.71. The number of pyridine rings is 1. The van der Waals surface area contributed by atoms with Crippen molar-refractivity contribution in [1.29, 1.82) is 5.26 Å². The van der Waals surface area contributed by atoms with Crippen molar-refractivity contribution in [2.24, 2.45) is 0 Å². The number of ether oxygens (including phenoxy) is 3. The molecule has 11 heteroatoms. The molecule has 1 aliphatic rings. The molecule has 1 N–H and O–H groups in total. The Morgan fingerprint density at radius 2 is 1.97 bits per heavy atom. The number of nitrogens with one attached hydrogen (secondary N) is 1.